The Balaban J connectivity index is 2.26. The van der Waals surface area contributed by atoms with Gasteiger partial charge in [0.1, 0.15) is 22.1 Å². The Morgan fingerprint density at radius 2 is 1.25 bits per heavy atom. The summed E-state index contributed by atoms with van der Waals surface area (Å²) in [5, 5.41) is 2.26. The predicted octanol–water partition coefficient (Wildman–Crippen LogP) is 3.34. The molecule has 0 bridgehead atoms. The van der Waals surface area contributed by atoms with Crippen molar-refractivity contribution in [2.45, 2.75) is 0 Å². The zero-order chi connectivity index (χ0) is 13.3. The van der Waals surface area contributed by atoms with Crippen LogP contribution in [0.25, 0.3) is 43.9 Å². The molecule has 0 amide bonds. The molecule has 5 aromatic rings. The van der Waals surface area contributed by atoms with E-state index in [2.05, 4.69) is 41.2 Å². The third kappa shape index (κ3) is 1.13. The largest absolute Gasteiger partial charge is 0.343 e. The molecule has 0 aliphatic heterocycles. The van der Waals surface area contributed by atoms with Crippen molar-refractivity contribution < 1.29 is 0 Å². The highest BCUT2D eigenvalue weighted by molar-refractivity contribution is 7.00. The SMILES string of the molecule is Cn1c2ccc3nsnc3c2c2c3nsnc3ccc21. The molecule has 96 valence electrons. The van der Waals surface area contributed by atoms with Crippen molar-refractivity contribution in [3.8, 4) is 0 Å². The fraction of sp³-hybridized carbons (Fsp3) is 0.0769. The lowest BCUT2D eigenvalue weighted by molar-refractivity contribution is 1.01. The lowest BCUT2D eigenvalue weighted by Gasteiger charge is -1.96. The molecule has 0 aliphatic rings. The maximum atomic E-state index is 4.47. The second kappa shape index (κ2) is 3.50. The number of aryl methyl sites for hydroxylation is 1. The number of nitrogens with zero attached hydrogens (tertiary/aromatic N) is 5. The second-order valence-corrected chi connectivity index (χ2v) is 5.80. The molecule has 0 atom stereocenters. The van der Waals surface area contributed by atoms with Crippen molar-refractivity contribution >= 4 is 67.3 Å². The summed E-state index contributed by atoms with van der Waals surface area (Å²) >= 11 is 2.50. The molecule has 0 radical (unpaired) electrons. The predicted molar refractivity (Wildman–Crippen MR) is 82.4 cm³/mol. The maximum absolute atomic E-state index is 4.47. The number of hydrogen-bond acceptors (Lipinski definition) is 6. The Morgan fingerprint density at radius 1 is 0.750 bits per heavy atom. The molecule has 3 aromatic heterocycles. The molecule has 0 saturated carbocycles. The molecule has 7 heteroatoms. The monoisotopic (exact) mass is 297 g/mol. The Bertz CT molecular complexity index is 1030. The van der Waals surface area contributed by atoms with Gasteiger partial charge >= 0.3 is 0 Å². The van der Waals surface area contributed by atoms with Crippen molar-refractivity contribution in [3.63, 3.8) is 0 Å². The Labute approximate surface area is 121 Å². The van der Waals surface area contributed by atoms with E-state index in [0.29, 0.717) is 0 Å². The molecular formula is C13H7N5S2. The van der Waals surface area contributed by atoms with Crippen LogP contribution in [0, 0.1) is 0 Å². The van der Waals surface area contributed by atoms with Crippen molar-refractivity contribution in [3.05, 3.63) is 24.3 Å². The molecule has 0 unspecified atom stereocenters. The normalized spacial score (nSPS) is 12.2. The average molecular weight is 297 g/mol. The van der Waals surface area contributed by atoms with Crippen LogP contribution in [-0.2, 0) is 7.05 Å². The molecule has 0 aliphatic carbocycles. The van der Waals surface area contributed by atoms with Gasteiger partial charge in [-0.05, 0) is 24.3 Å². The van der Waals surface area contributed by atoms with Gasteiger partial charge in [-0.3, -0.25) is 0 Å². The van der Waals surface area contributed by atoms with Crippen LogP contribution in [0.15, 0.2) is 24.3 Å². The number of rotatable bonds is 0. The fourth-order valence-corrected chi connectivity index (χ4v) is 3.95. The van der Waals surface area contributed by atoms with Gasteiger partial charge in [-0.1, -0.05) is 0 Å². The number of benzene rings is 2. The lowest BCUT2D eigenvalue weighted by atomic mass is 10.1. The number of fused-ring (bicyclic) bond motifs is 7. The van der Waals surface area contributed by atoms with Gasteiger partial charge in [-0.2, -0.15) is 17.5 Å². The minimum atomic E-state index is 0.940. The van der Waals surface area contributed by atoms with E-state index in [4.69, 9.17) is 0 Å². The summed E-state index contributed by atoms with van der Waals surface area (Å²) in [6.45, 7) is 0. The van der Waals surface area contributed by atoms with Gasteiger partial charge in [0.05, 0.1) is 34.5 Å². The standard InChI is InChI=1S/C13H7N5S2/c1-18-8-4-2-6-12(16-19-14-6)10(8)11-9(18)5-3-7-13(11)17-20-15-7/h2-5H,1H3. The van der Waals surface area contributed by atoms with E-state index in [-0.39, 0.29) is 0 Å². The van der Waals surface area contributed by atoms with Crippen LogP contribution >= 0.6 is 23.5 Å². The summed E-state index contributed by atoms with van der Waals surface area (Å²) in [6, 6.07) is 8.25. The van der Waals surface area contributed by atoms with Crippen LogP contribution in [0.3, 0.4) is 0 Å². The van der Waals surface area contributed by atoms with Crippen LogP contribution in [0.4, 0.5) is 0 Å². The third-order valence-electron chi connectivity index (χ3n) is 3.78. The van der Waals surface area contributed by atoms with E-state index in [1.165, 1.54) is 23.5 Å². The fourth-order valence-electron chi connectivity index (χ4n) is 2.86. The highest BCUT2D eigenvalue weighted by Gasteiger charge is 2.17. The molecule has 2 aromatic carbocycles. The van der Waals surface area contributed by atoms with Crippen LogP contribution < -0.4 is 0 Å². The van der Waals surface area contributed by atoms with E-state index in [0.717, 1.165) is 43.9 Å². The zero-order valence-electron chi connectivity index (χ0n) is 10.4. The second-order valence-electron chi connectivity index (χ2n) is 4.74. The Kier molecular flexibility index (Phi) is 1.86. The van der Waals surface area contributed by atoms with E-state index in [1.54, 1.807) is 0 Å². The van der Waals surface area contributed by atoms with Crippen molar-refractivity contribution in [1.82, 2.24) is 22.1 Å². The van der Waals surface area contributed by atoms with Gasteiger partial charge in [0, 0.05) is 17.8 Å². The minimum Gasteiger partial charge on any atom is -0.343 e. The zero-order valence-corrected chi connectivity index (χ0v) is 12.0. The summed E-state index contributed by atoms with van der Waals surface area (Å²) in [7, 11) is 2.07. The molecule has 0 spiro atoms. The smallest absolute Gasteiger partial charge is 0.114 e. The van der Waals surface area contributed by atoms with Crippen LogP contribution in [0.2, 0.25) is 0 Å². The Morgan fingerprint density at radius 3 is 1.75 bits per heavy atom. The number of aromatic nitrogens is 5. The summed E-state index contributed by atoms with van der Waals surface area (Å²) < 4.78 is 19.8. The van der Waals surface area contributed by atoms with Crippen molar-refractivity contribution in [2.24, 2.45) is 7.05 Å². The molecule has 3 heterocycles. The van der Waals surface area contributed by atoms with Gasteiger partial charge in [0.15, 0.2) is 0 Å². The van der Waals surface area contributed by atoms with Gasteiger partial charge in [0.25, 0.3) is 0 Å². The summed E-state index contributed by atoms with van der Waals surface area (Å²) in [5.41, 5.74) is 6.10. The molecule has 0 N–H and O–H groups in total. The van der Waals surface area contributed by atoms with Crippen LogP contribution in [0.1, 0.15) is 0 Å². The van der Waals surface area contributed by atoms with Crippen molar-refractivity contribution in [1.29, 1.82) is 0 Å². The van der Waals surface area contributed by atoms with Gasteiger partial charge in [0.2, 0.25) is 0 Å². The topological polar surface area (TPSA) is 56.5 Å². The highest BCUT2D eigenvalue weighted by Crippen LogP contribution is 2.36. The minimum absolute atomic E-state index is 0.940. The summed E-state index contributed by atoms with van der Waals surface area (Å²) in [4.78, 5) is 0. The summed E-state index contributed by atoms with van der Waals surface area (Å²) in [5.74, 6) is 0. The van der Waals surface area contributed by atoms with Crippen molar-refractivity contribution in [2.75, 3.05) is 0 Å². The lowest BCUT2D eigenvalue weighted by Crippen LogP contribution is -1.86. The Hall–Kier alpha value is -2.12. The van der Waals surface area contributed by atoms with Crippen LogP contribution in [0.5, 0.6) is 0 Å². The quantitative estimate of drug-likeness (QED) is 0.440. The van der Waals surface area contributed by atoms with E-state index < -0.39 is 0 Å². The first-order valence-electron chi connectivity index (χ1n) is 6.09. The van der Waals surface area contributed by atoms with E-state index in [1.807, 2.05) is 12.1 Å². The molecule has 5 rings (SSSR count). The molecule has 0 fully saturated rings. The van der Waals surface area contributed by atoms with Gasteiger partial charge in [-0.15, -0.1) is 0 Å². The molecule has 20 heavy (non-hydrogen) atoms. The summed E-state index contributed by atoms with van der Waals surface area (Å²) in [6.07, 6.45) is 0. The molecule has 0 saturated heterocycles. The van der Waals surface area contributed by atoms with Gasteiger partial charge < -0.3 is 4.57 Å². The first-order chi connectivity index (χ1) is 9.84. The third-order valence-corrected chi connectivity index (χ3v) is 4.87. The maximum Gasteiger partial charge on any atom is 0.114 e. The van der Waals surface area contributed by atoms with E-state index in [9.17, 15) is 0 Å². The van der Waals surface area contributed by atoms with Crippen LogP contribution in [-0.4, -0.2) is 22.1 Å². The molecular weight excluding hydrogens is 290 g/mol. The van der Waals surface area contributed by atoms with E-state index >= 15 is 0 Å². The number of hydrogen-bond donors (Lipinski definition) is 0. The van der Waals surface area contributed by atoms with Gasteiger partial charge in [-0.25, -0.2) is 0 Å². The average Bonchev–Trinajstić information content (AvgIpc) is 3.15. The molecule has 5 nitrogen and oxygen atoms in total. The highest BCUT2D eigenvalue weighted by atomic mass is 32.1. The first kappa shape index (κ1) is 10.6. The first-order valence-corrected chi connectivity index (χ1v) is 7.55.